The average Bonchev–Trinajstić information content (AvgIpc) is 3.38. The van der Waals surface area contributed by atoms with E-state index in [-0.39, 0.29) is 36.0 Å². The van der Waals surface area contributed by atoms with Gasteiger partial charge in [-0.25, -0.2) is 4.98 Å². The van der Waals surface area contributed by atoms with Gasteiger partial charge in [-0.05, 0) is 37.1 Å². The summed E-state index contributed by atoms with van der Waals surface area (Å²) < 4.78 is 6.23. The molecule has 2 aromatic rings. The maximum atomic E-state index is 12.1. The molecule has 1 aromatic heterocycles. The number of amides is 3. The monoisotopic (exact) mass is 448 g/mol. The van der Waals surface area contributed by atoms with Crippen LogP contribution in [0, 0.1) is 0 Å². The summed E-state index contributed by atoms with van der Waals surface area (Å²) in [4.78, 5) is 39.6. The fraction of sp³-hybridized carbons (Fsp3) is 0.400. The van der Waals surface area contributed by atoms with E-state index in [9.17, 15) is 14.4 Å². The zero-order valence-electron chi connectivity index (χ0n) is 16.6. The molecule has 3 rings (SSSR count). The molecular formula is C20H24N4O4S2. The predicted octanol–water partition coefficient (Wildman–Crippen LogP) is 2.67. The first-order chi connectivity index (χ1) is 14.5. The molecule has 1 fully saturated rings. The number of nitrogens with zero attached hydrogens (tertiary/aromatic N) is 1. The number of rotatable bonds is 9. The van der Waals surface area contributed by atoms with E-state index in [0.29, 0.717) is 23.6 Å². The van der Waals surface area contributed by atoms with Crippen LogP contribution in [0.25, 0.3) is 0 Å². The van der Waals surface area contributed by atoms with Crippen molar-refractivity contribution < 1.29 is 19.1 Å². The predicted molar refractivity (Wildman–Crippen MR) is 118 cm³/mol. The van der Waals surface area contributed by atoms with E-state index in [4.69, 9.17) is 4.74 Å². The van der Waals surface area contributed by atoms with Crippen molar-refractivity contribution in [3.63, 3.8) is 0 Å². The number of hydrogen-bond donors (Lipinski definition) is 3. The standard InChI is InChI=1S/C20H24N4O4S2/c1-13(25)22-14-4-6-15(7-5-14)23-19(27)12-30-20-24-16(11-29-20)9-18(26)21-10-17-3-2-8-28-17/h4-7,11,17H,2-3,8-10,12H2,1H3,(H,21,26)(H,22,25)(H,23,27). The Hall–Kier alpha value is -2.43. The van der Waals surface area contributed by atoms with Crippen molar-refractivity contribution in [2.45, 2.75) is 36.6 Å². The number of hydrogen-bond acceptors (Lipinski definition) is 7. The van der Waals surface area contributed by atoms with E-state index in [1.165, 1.54) is 30.0 Å². The number of thioether (sulfide) groups is 1. The van der Waals surface area contributed by atoms with E-state index in [1.54, 1.807) is 24.3 Å². The minimum atomic E-state index is -0.154. The van der Waals surface area contributed by atoms with Gasteiger partial charge in [-0.1, -0.05) is 11.8 Å². The lowest BCUT2D eigenvalue weighted by atomic mass is 10.2. The van der Waals surface area contributed by atoms with Crippen LogP contribution in [0.15, 0.2) is 34.0 Å². The Morgan fingerprint density at radius 1 is 1.17 bits per heavy atom. The van der Waals surface area contributed by atoms with Crippen molar-refractivity contribution in [1.82, 2.24) is 10.3 Å². The number of ether oxygens (including phenoxy) is 1. The summed E-state index contributed by atoms with van der Waals surface area (Å²) in [6.07, 6.45) is 2.37. The van der Waals surface area contributed by atoms with Crippen LogP contribution in [0.2, 0.25) is 0 Å². The molecule has 1 unspecified atom stereocenters. The lowest BCUT2D eigenvalue weighted by molar-refractivity contribution is -0.121. The molecule has 1 saturated heterocycles. The van der Waals surface area contributed by atoms with Gasteiger partial charge in [0.15, 0.2) is 4.34 Å². The minimum absolute atomic E-state index is 0.0761. The molecule has 30 heavy (non-hydrogen) atoms. The lowest BCUT2D eigenvalue weighted by Crippen LogP contribution is -2.32. The largest absolute Gasteiger partial charge is 0.376 e. The second-order valence-corrected chi connectivity index (χ2v) is 8.90. The second-order valence-electron chi connectivity index (χ2n) is 6.82. The summed E-state index contributed by atoms with van der Waals surface area (Å²) >= 11 is 2.75. The molecule has 1 aromatic carbocycles. The lowest BCUT2D eigenvalue weighted by Gasteiger charge is -2.09. The third kappa shape index (κ3) is 7.43. The highest BCUT2D eigenvalue weighted by Gasteiger charge is 2.17. The highest BCUT2D eigenvalue weighted by molar-refractivity contribution is 8.01. The summed E-state index contributed by atoms with van der Waals surface area (Å²) in [6, 6.07) is 6.90. The van der Waals surface area contributed by atoms with Gasteiger partial charge in [0.1, 0.15) is 0 Å². The quantitative estimate of drug-likeness (QED) is 0.509. The van der Waals surface area contributed by atoms with Crippen LogP contribution < -0.4 is 16.0 Å². The smallest absolute Gasteiger partial charge is 0.234 e. The SMILES string of the molecule is CC(=O)Nc1ccc(NC(=O)CSc2nc(CC(=O)NCC3CCCO3)cs2)cc1. The van der Waals surface area contributed by atoms with Gasteiger partial charge < -0.3 is 20.7 Å². The third-order valence-corrected chi connectivity index (χ3v) is 6.31. The van der Waals surface area contributed by atoms with Gasteiger partial charge in [0, 0.05) is 36.8 Å². The molecule has 0 spiro atoms. The van der Waals surface area contributed by atoms with Crippen molar-refractivity contribution in [3.8, 4) is 0 Å². The van der Waals surface area contributed by atoms with Gasteiger partial charge in [0.05, 0.1) is 24.0 Å². The molecule has 8 nitrogen and oxygen atoms in total. The summed E-state index contributed by atoms with van der Waals surface area (Å²) in [5.74, 6) is -0.163. The van der Waals surface area contributed by atoms with Crippen LogP contribution >= 0.6 is 23.1 Å². The van der Waals surface area contributed by atoms with E-state index < -0.39 is 0 Å². The number of anilines is 2. The first-order valence-electron chi connectivity index (χ1n) is 9.61. The van der Waals surface area contributed by atoms with Crippen molar-refractivity contribution in [1.29, 1.82) is 0 Å². The van der Waals surface area contributed by atoms with E-state index in [0.717, 1.165) is 23.8 Å². The molecule has 2 heterocycles. The Morgan fingerprint density at radius 3 is 2.57 bits per heavy atom. The van der Waals surface area contributed by atoms with Crippen LogP contribution in [0.4, 0.5) is 11.4 Å². The van der Waals surface area contributed by atoms with Gasteiger partial charge in [0.2, 0.25) is 17.7 Å². The summed E-state index contributed by atoms with van der Waals surface area (Å²) in [5, 5.41) is 10.2. The highest BCUT2D eigenvalue weighted by atomic mass is 32.2. The Morgan fingerprint density at radius 2 is 1.90 bits per heavy atom. The molecule has 3 amide bonds. The molecule has 10 heteroatoms. The van der Waals surface area contributed by atoms with E-state index >= 15 is 0 Å². The molecular weight excluding hydrogens is 424 g/mol. The van der Waals surface area contributed by atoms with Crippen LogP contribution in [-0.2, 0) is 25.5 Å². The van der Waals surface area contributed by atoms with Crippen LogP contribution in [0.3, 0.4) is 0 Å². The fourth-order valence-electron chi connectivity index (χ4n) is 2.86. The first kappa shape index (κ1) is 22.3. The fourth-order valence-corrected chi connectivity index (χ4v) is 4.51. The molecule has 0 aliphatic carbocycles. The Balaban J connectivity index is 1.38. The van der Waals surface area contributed by atoms with Gasteiger partial charge >= 0.3 is 0 Å². The zero-order chi connectivity index (χ0) is 21.3. The molecule has 1 aliphatic heterocycles. The number of thiazole rings is 1. The zero-order valence-corrected chi connectivity index (χ0v) is 18.2. The van der Waals surface area contributed by atoms with E-state index in [1.807, 2.05) is 5.38 Å². The maximum absolute atomic E-state index is 12.1. The van der Waals surface area contributed by atoms with Gasteiger partial charge in [-0.3, -0.25) is 14.4 Å². The van der Waals surface area contributed by atoms with Gasteiger partial charge in [-0.2, -0.15) is 0 Å². The average molecular weight is 449 g/mol. The summed E-state index contributed by atoms with van der Waals surface area (Å²) in [6.45, 7) is 2.74. The molecule has 1 aliphatic rings. The number of aromatic nitrogens is 1. The molecule has 1 atom stereocenters. The summed E-state index contributed by atoms with van der Waals surface area (Å²) in [5.41, 5.74) is 2.02. The maximum Gasteiger partial charge on any atom is 0.234 e. The van der Waals surface area contributed by atoms with Crippen molar-refractivity contribution in [3.05, 3.63) is 35.3 Å². The molecule has 0 saturated carbocycles. The van der Waals surface area contributed by atoms with Gasteiger partial charge in [0.25, 0.3) is 0 Å². The van der Waals surface area contributed by atoms with Crippen LogP contribution in [-0.4, -0.2) is 47.7 Å². The normalized spacial score (nSPS) is 15.6. The Kier molecular flexibility index (Phi) is 8.23. The second kappa shape index (κ2) is 11.1. The van der Waals surface area contributed by atoms with Crippen LogP contribution in [0.1, 0.15) is 25.5 Å². The van der Waals surface area contributed by atoms with Crippen molar-refractivity contribution >= 4 is 52.2 Å². The molecule has 160 valence electrons. The number of carbonyl (C=O) groups excluding carboxylic acids is 3. The van der Waals surface area contributed by atoms with Gasteiger partial charge in [-0.15, -0.1) is 11.3 Å². The number of benzene rings is 1. The Bertz CT molecular complexity index is 879. The first-order valence-corrected chi connectivity index (χ1v) is 11.5. The minimum Gasteiger partial charge on any atom is -0.376 e. The molecule has 0 bridgehead atoms. The van der Waals surface area contributed by atoms with Crippen LogP contribution in [0.5, 0.6) is 0 Å². The van der Waals surface area contributed by atoms with Crippen molar-refractivity contribution in [2.24, 2.45) is 0 Å². The molecule has 3 N–H and O–H groups in total. The third-order valence-electron chi connectivity index (χ3n) is 4.24. The topological polar surface area (TPSA) is 109 Å². The summed E-state index contributed by atoms with van der Waals surface area (Å²) in [7, 11) is 0. The number of nitrogens with one attached hydrogen (secondary N) is 3. The number of carbonyl (C=O) groups is 3. The van der Waals surface area contributed by atoms with E-state index in [2.05, 4.69) is 20.9 Å². The Labute approximate surface area is 183 Å². The highest BCUT2D eigenvalue weighted by Crippen LogP contribution is 2.23. The molecule has 0 radical (unpaired) electrons. The van der Waals surface area contributed by atoms with Crippen molar-refractivity contribution in [2.75, 3.05) is 29.5 Å².